The van der Waals surface area contributed by atoms with Crippen LogP contribution in [0.2, 0.25) is 5.02 Å². The van der Waals surface area contributed by atoms with Gasteiger partial charge in [0.15, 0.2) is 0 Å². The molecule has 82 valence electrons. The Balaban J connectivity index is 2.52. The summed E-state index contributed by atoms with van der Waals surface area (Å²) in [5.74, 6) is 0.655. The van der Waals surface area contributed by atoms with Crippen molar-refractivity contribution in [2.75, 3.05) is 7.11 Å². The number of halogens is 1. The molecule has 0 unspecified atom stereocenters. The maximum absolute atomic E-state index is 5.96. The summed E-state index contributed by atoms with van der Waals surface area (Å²) in [5, 5.41) is 0.598. The van der Waals surface area contributed by atoms with Crippen molar-refractivity contribution < 1.29 is 4.74 Å². The summed E-state index contributed by atoms with van der Waals surface area (Å²) in [7, 11) is 1.60. The lowest BCUT2D eigenvalue weighted by atomic mass is 10.1. The molecule has 0 saturated carbocycles. The summed E-state index contributed by atoms with van der Waals surface area (Å²) in [6, 6.07) is 9.35. The minimum atomic E-state index is 0.598. The Morgan fingerprint density at radius 2 is 2.06 bits per heavy atom. The summed E-state index contributed by atoms with van der Waals surface area (Å²) in [6.07, 6.45) is 1.82. The molecule has 0 amide bonds. The quantitative estimate of drug-likeness (QED) is 0.814. The number of pyridine rings is 1. The van der Waals surface area contributed by atoms with Crippen LogP contribution in [-0.2, 0) is 0 Å². The zero-order valence-corrected chi connectivity index (χ0v) is 10.2. The van der Waals surface area contributed by atoms with Crippen LogP contribution in [0.4, 0.5) is 0 Å². The molecule has 1 aromatic heterocycles. The van der Waals surface area contributed by atoms with Gasteiger partial charge in [0.1, 0.15) is 5.75 Å². The second-order valence-electron chi connectivity index (χ2n) is 3.29. The van der Waals surface area contributed by atoms with Gasteiger partial charge in [-0.2, -0.15) is 0 Å². The van der Waals surface area contributed by atoms with Gasteiger partial charge >= 0.3 is 0 Å². The molecule has 2 aromatic rings. The SMILES string of the molecule is COc1cc(-c2cc(=S)cc[nH]2)ccc1Cl. The fourth-order valence-electron chi connectivity index (χ4n) is 1.44. The summed E-state index contributed by atoms with van der Waals surface area (Å²) in [5.41, 5.74) is 1.94. The van der Waals surface area contributed by atoms with Crippen molar-refractivity contribution in [1.82, 2.24) is 4.98 Å². The highest BCUT2D eigenvalue weighted by atomic mass is 35.5. The van der Waals surface area contributed by atoms with Gasteiger partial charge < -0.3 is 9.72 Å². The van der Waals surface area contributed by atoms with Gasteiger partial charge in [0, 0.05) is 22.0 Å². The molecule has 4 heteroatoms. The van der Waals surface area contributed by atoms with Crippen LogP contribution in [0.15, 0.2) is 36.5 Å². The van der Waals surface area contributed by atoms with Gasteiger partial charge in [-0.25, -0.2) is 0 Å². The number of H-pyrrole nitrogens is 1. The summed E-state index contributed by atoms with van der Waals surface area (Å²) < 4.78 is 5.96. The molecule has 1 aromatic carbocycles. The highest BCUT2D eigenvalue weighted by Crippen LogP contribution is 2.29. The van der Waals surface area contributed by atoms with Gasteiger partial charge in [-0.05, 0) is 24.3 Å². The minimum Gasteiger partial charge on any atom is -0.495 e. The van der Waals surface area contributed by atoms with Crippen molar-refractivity contribution >= 4 is 23.8 Å². The van der Waals surface area contributed by atoms with Crippen molar-refractivity contribution in [3.63, 3.8) is 0 Å². The van der Waals surface area contributed by atoms with Gasteiger partial charge in [0.2, 0.25) is 0 Å². The maximum Gasteiger partial charge on any atom is 0.138 e. The standard InChI is InChI=1S/C12H10ClNOS/c1-15-12-6-8(2-3-10(12)13)11-7-9(16)4-5-14-11/h2-7H,1H3,(H,14,16). The Morgan fingerprint density at radius 3 is 2.75 bits per heavy atom. The molecule has 2 nitrogen and oxygen atoms in total. The zero-order chi connectivity index (χ0) is 11.5. The lowest BCUT2D eigenvalue weighted by Crippen LogP contribution is -1.87. The first-order valence-corrected chi connectivity index (χ1v) is 5.52. The zero-order valence-electron chi connectivity index (χ0n) is 8.66. The van der Waals surface area contributed by atoms with Gasteiger partial charge in [0.05, 0.1) is 12.1 Å². The van der Waals surface area contributed by atoms with Crippen molar-refractivity contribution in [1.29, 1.82) is 0 Å². The van der Waals surface area contributed by atoms with E-state index in [1.54, 1.807) is 13.2 Å². The van der Waals surface area contributed by atoms with Crippen molar-refractivity contribution in [3.8, 4) is 17.0 Å². The first-order chi connectivity index (χ1) is 7.70. The molecule has 0 aliphatic carbocycles. The normalized spacial score (nSPS) is 10.1. The molecule has 16 heavy (non-hydrogen) atoms. The molecule has 0 saturated heterocycles. The minimum absolute atomic E-state index is 0.598. The van der Waals surface area contributed by atoms with E-state index in [-0.39, 0.29) is 0 Å². The number of aromatic nitrogens is 1. The molecule has 1 heterocycles. The predicted octanol–water partition coefficient (Wildman–Crippen LogP) is 4.07. The number of aromatic amines is 1. The molecule has 0 spiro atoms. The summed E-state index contributed by atoms with van der Waals surface area (Å²) in [4.78, 5) is 3.13. The molecule has 0 aliphatic heterocycles. The lowest BCUT2D eigenvalue weighted by Gasteiger charge is -2.06. The second kappa shape index (κ2) is 4.68. The molecule has 2 rings (SSSR count). The first kappa shape index (κ1) is 11.2. The van der Waals surface area contributed by atoms with Crippen LogP contribution in [0.1, 0.15) is 0 Å². The lowest BCUT2D eigenvalue weighted by molar-refractivity contribution is 0.415. The molecule has 1 N–H and O–H groups in total. The molecule has 0 atom stereocenters. The molecule has 0 fully saturated rings. The third kappa shape index (κ3) is 2.26. The predicted molar refractivity (Wildman–Crippen MR) is 68.6 cm³/mol. The van der Waals surface area contributed by atoms with E-state index in [0.29, 0.717) is 10.8 Å². The van der Waals surface area contributed by atoms with Crippen LogP contribution in [-0.4, -0.2) is 12.1 Å². The number of nitrogens with one attached hydrogen (secondary N) is 1. The van der Waals surface area contributed by atoms with Crippen LogP contribution in [0.5, 0.6) is 5.75 Å². The van der Waals surface area contributed by atoms with Crippen molar-refractivity contribution in [2.45, 2.75) is 0 Å². The number of benzene rings is 1. The fraction of sp³-hybridized carbons (Fsp3) is 0.0833. The van der Waals surface area contributed by atoms with E-state index in [4.69, 9.17) is 28.6 Å². The van der Waals surface area contributed by atoms with Crippen LogP contribution in [0.3, 0.4) is 0 Å². The highest BCUT2D eigenvalue weighted by molar-refractivity contribution is 7.71. The Morgan fingerprint density at radius 1 is 1.25 bits per heavy atom. The molecule has 0 radical (unpaired) electrons. The van der Waals surface area contributed by atoms with Crippen LogP contribution >= 0.6 is 23.8 Å². The third-order valence-corrected chi connectivity index (χ3v) is 2.80. The van der Waals surface area contributed by atoms with E-state index in [1.807, 2.05) is 30.5 Å². The second-order valence-corrected chi connectivity index (χ2v) is 4.17. The molecular weight excluding hydrogens is 242 g/mol. The highest BCUT2D eigenvalue weighted by Gasteiger charge is 2.03. The van der Waals surface area contributed by atoms with E-state index < -0.39 is 0 Å². The van der Waals surface area contributed by atoms with Crippen molar-refractivity contribution in [3.05, 3.63) is 46.1 Å². The molecular formula is C12H10ClNOS. The Labute approximate surface area is 104 Å². The maximum atomic E-state index is 5.96. The van der Waals surface area contributed by atoms with E-state index >= 15 is 0 Å². The van der Waals surface area contributed by atoms with E-state index in [2.05, 4.69) is 4.98 Å². The molecule has 0 bridgehead atoms. The number of rotatable bonds is 2. The van der Waals surface area contributed by atoms with E-state index in [0.717, 1.165) is 15.8 Å². The van der Waals surface area contributed by atoms with Gasteiger partial charge in [-0.3, -0.25) is 0 Å². The Hall–Kier alpha value is -1.32. The van der Waals surface area contributed by atoms with E-state index in [1.165, 1.54) is 0 Å². The number of ether oxygens (including phenoxy) is 1. The van der Waals surface area contributed by atoms with Crippen molar-refractivity contribution in [2.24, 2.45) is 0 Å². The Bertz CT molecular complexity index is 565. The summed E-state index contributed by atoms with van der Waals surface area (Å²) in [6.45, 7) is 0. The number of hydrogen-bond donors (Lipinski definition) is 1. The summed E-state index contributed by atoms with van der Waals surface area (Å²) >= 11 is 11.1. The van der Waals surface area contributed by atoms with Gasteiger partial charge in [0.25, 0.3) is 0 Å². The van der Waals surface area contributed by atoms with Crippen LogP contribution in [0, 0.1) is 4.51 Å². The average molecular weight is 252 g/mol. The van der Waals surface area contributed by atoms with E-state index in [9.17, 15) is 0 Å². The monoisotopic (exact) mass is 251 g/mol. The van der Waals surface area contributed by atoms with Crippen LogP contribution in [0.25, 0.3) is 11.3 Å². The van der Waals surface area contributed by atoms with Gasteiger partial charge in [-0.1, -0.05) is 29.9 Å². The number of hydrogen-bond acceptors (Lipinski definition) is 2. The smallest absolute Gasteiger partial charge is 0.138 e. The molecule has 0 aliphatic rings. The average Bonchev–Trinajstić information content (AvgIpc) is 2.29. The fourth-order valence-corrected chi connectivity index (χ4v) is 1.82. The first-order valence-electron chi connectivity index (χ1n) is 4.73. The third-order valence-electron chi connectivity index (χ3n) is 2.24. The van der Waals surface area contributed by atoms with Crippen LogP contribution < -0.4 is 4.74 Å². The Kier molecular flexibility index (Phi) is 3.27. The van der Waals surface area contributed by atoms with Gasteiger partial charge in [-0.15, -0.1) is 0 Å². The topological polar surface area (TPSA) is 25.0 Å². The largest absolute Gasteiger partial charge is 0.495 e. The number of methoxy groups -OCH3 is 1.